The van der Waals surface area contributed by atoms with E-state index >= 15 is 0 Å². The summed E-state index contributed by atoms with van der Waals surface area (Å²) in [5.74, 6) is -0.625. The summed E-state index contributed by atoms with van der Waals surface area (Å²) in [6, 6.07) is 13.9. The first-order valence-electron chi connectivity index (χ1n) is 8.04. The molecule has 0 spiro atoms. The van der Waals surface area contributed by atoms with Crippen LogP contribution < -0.4 is 10.6 Å². The van der Waals surface area contributed by atoms with Crippen LogP contribution in [0.15, 0.2) is 48.5 Å². The molecule has 2 aromatic carbocycles. The lowest BCUT2D eigenvalue weighted by molar-refractivity contribution is -0.121. The van der Waals surface area contributed by atoms with Crippen molar-refractivity contribution < 1.29 is 14.0 Å². The summed E-state index contributed by atoms with van der Waals surface area (Å²) in [7, 11) is 0. The van der Waals surface area contributed by atoms with E-state index in [9.17, 15) is 14.0 Å². The zero-order valence-electron chi connectivity index (χ0n) is 13.2. The maximum absolute atomic E-state index is 13.1. The number of benzene rings is 2. The van der Waals surface area contributed by atoms with Crippen LogP contribution in [0, 0.1) is 5.82 Å². The van der Waals surface area contributed by atoms with E-state index < -0.39 is 0 Å². The SMILES string of the molecule is O=C(CCc1cccc(F)c1)NCCC1C(=O)Nc2ccccc21. The van der Waals surface area contributed by atoms with Gasteiger partial charge in [-0.05, 0) is 42.2 Å². The van der Waals surface area contributed by atoms with Crippen LogP contribution in [0.2, 0.25) is 0 Å². The highest BCUT2D eigenvalue weighted by atomic mass is 19.1. The van der Waals surface area contributed by atoms with Crippen molar-refractivity contribution in [3.63, 3.8) is 0 Å². The first kappa shape index (κ1) is 16.2. The van der Waals surface area contributed by atoms with E-state index in [2.05, 4.69) is 10.6 Å². The lowest BCUT2D eigenvalue weighted by atomic mass is 9.97. The molecule has 1 aliphatic heterocycles. The highest BCUT2D eigenvalue weighted by molar-refractivity contribution is 6.02. The molecular formula is C19H19FN2O2. The fourth-order valence-electron chi connectivity index (χ4n) is 2.96. The van der Waals surface area contributed by atoms with Crippen LogP contribution in [0.1, 0.15) is 29.9 Å². The number of nitrogens with one attached hydrogen (secondary N) is 2. The van der Waals surface area contributed by atoms with E-state index in [4.69, 9.17) is 0 Å². The Balaban J connectivity index is 1.45. The first-order chi connectivity index (χ1) is 11.6. The molecule has 2 amide bonds. The normalized spacial score (nSPS) is 15.7. The van der Waals surface area contributed by atoms with Gasteiger partial charge in [-0.2, -0.15) is 0 Å². The largest absolute Gasteiger partial charge is 0.356 e. The molecule has 0 bridgehead atoms. The van der Waals surface area contributed by atoms with Crippen molar-refractivity contribution in [2.45, 2.75) is 25.2 Å². The van der Waals surface area contributed by atoms with Crippen LogP contribution in [0.4, 0.5) is 10.1 Å². The van der Waals surface area contributed by atoms with Crippen LogP contribution in [0.5, 0.6) is 0 Å². The molecule has 1 heterocycles. The summed E-state index contributed by atoms with van der Waals surface area (Å²) in [5.41, 5.74) is 2.63. The molecule has 0 fully saturated rings. The van der Waals surface area contributed by atoms with Gasteiger partial charge in [-0.3, -0.25) is 9.59 Å². The maximum atomic E-state index is 13.1. The Labute approximate surface area is 140 Å². The van der Waals surface area contributed by atoms with E-state index in [1.165, 1.54) is 12.1 Å². The molecule has 124 valence electrons. The molecule has 0 aromatic heterocycles. The molecule has 0 radical (unpaired) electrons. The van der Waals surface area contributed by atoms with Gasteiger partial charge in [0.25, 0.3) is 0 Å². The molecule has 0 saturated carbocycles. The summed E-state index contributed by atoms with van der Waals surface area (Å²) in [4.78, 5) is 23.9. The van der Waals surface area contributed by atoms with Crippen molar-refractivity contribution in [1.29, 1.82) is 0 Å². The van der Waals surface area contributed by atoms with Crippen molar-refractivity contribution in [3.8, 4) is 0 Å². The predicted octanol–water partition coefficient (Wildman–Crippen LogP) is 3.00. The topological polar surface area (TPSA) is 58.2 Å². The minimum absolute atomic E-state index is 0.0230. The van der Waals surface area contributed by atoms with Crippen LogP contribution in [-0.4, -0.2) is 18.4 Å². The Morgan fingerprint density at radius 2 is 2.00 bits per heavy atom. The molecule has 1 aliphatic rings. The summed E-state index contributed by atoms with van der Waals surface area (Å²) >= 11 is 0. The maximum Gasteiger partial charge on any atom is 0.232 e. The number of carbonyl (C=O) groups excluding carboxylic acids is 2. The fraction of sp³-hybridized carbons (Fsp3) is 0.263. The number of anilines is 1. The minimum atomic E-state index is -0.293. The molecule has 2 aromatic rings. The van der Waals surface area contributed by atoms with Gasteiger partial charge in [-0.15, -0.1) is 0 Å². The van der Waals surface area contributed by atoms with Gasteiger partial charge in [0, 0.05) is 18.7 Å². The Hall–Kier alpha value is -2.69. The number of para-hydroxylation sites is 1. The van der Waals surface area contributed by atoms with Gasteiger partial charge in [0.05, 0.1) is 5.92 Å². The average molecular weight is 326 g/mol. The lowest BCUT2D eigenvalue weighted by Crippen LogP contribution is -2.27. The molecule has 0 saturated heterocycles. The monoisotopic (exact) mass is 326 g/mol. The first-order valence-corrected chi connectivity index (χ1v) is 8.04. The van der Waals surface area contributed by atoms with Crippen LogP contribution in [0.3, 0.4) is 0 Å². The lowest BCUT2D eigenvalue weighted by Gasteiger charge is -2.10. The van der Waals surface area contributed by atoms with E-state index in [0.29, 0.717) is 25.8 Å². The highest BCUT2D eigenvalue weighted by Gasteiger charge is 2.29. The van der Waals surface area contributed by atoms with E-state index in [1.807, 2.05) is 24.3 Å². The van der Waals surface area contributed by atoms with Crippen LogP contribution in [0.25, 0.3) is 0 Å². The average Bonchev–Trinajstić information content (AvgIpc) is 2.89. The fourth-order valence-corrected chi connectivity index (χ4v) is 2.96. The van der Waals surface area contributed by atoms with Gasteiger partial charge >= 0.3 is 0 Å². The third-order valence-corrected chi connectivity index (χ3v) is 4.20. The molecule has 24 heavy (non-hydrogen) atoms. The zero-order valence-corrected chi connectivity index (χ0v) is 13.2. The number of hydrogen-bond acceptors (Lipinski definition) is 2. The van der Waals surface area contributed by atoms with E-state index in [0.717, 1.165) is 16.8 Å². The highest BCUT2D eigenvalue weighted by Crippen LogP contribution is 2.33. The number of hydrogen-bond donors (Lipinski definition) is 2. The van der Waals surface area contributed by atoms with Gasteiger partial charge in [0.2, 0.25) is 11.8 Å². The number of halogens is 1. The number of rotatable bonds is 6. The summed E-state index contributed by atoms with van der Waals surface area (Å²) in [5, 5.41) is 5.68. The van der Waals surface area contributed by atoms with Gasteiger partial charge in [0.1, 0.15) is 5.82 Å². The third-order valence-electron chi connectivity index (χ3n) is 4.20. The third kappa shape index (κ3) is 3.79. The molecule has 3 rings (SSSR count). The van der Waals surface area contributed by atoms with Gasteiger partial charge in [-0.1, -0.05) is 30.3 Å². The standard InChI is InChI=1S/C19H19FN2O2/c20-14-5-3-4-13(12-14)8-9-18(23)21-11-10-16-15-6-1-2-7-17(15)22-19(16)24/h1-7,12,16H,8-11H2,(H,21,23)(H,22,24). The van der Waals surface area contributed by atoms with Crippen LogP contribution in [-0.2, 0) is 16.0 Å². The second-order valence-corrected chi connectivity index (χ2v) is 5.90. The molecule has 0 aliphatic carbocycles. The number of fused-ring (bicyclic) bond motifs is 1. The second kappa shape index (κ2) is 7.25. The predicted molar refractivity (Wildman–Crippen MR) is 90.2 cm³/mol. The van der Waals surface area contributed by atoms with Crippen molar-refractivity contribution in [2.24, 2.45) is 0 Å². The molecule has 2 N–H and O–H groups in total. The Kier molecular flexibility index (Phi) is 4.89. The van der Waals surface area contributed by atoms with Crippen molar-refractivity contribution >= 4 is 17.5 Å². The molecule has 4 nitrogen and oxygen atoms in total. The van der Waals surface area contributed by atoms with E-state index in [1.54, 1.807) is 12.1 Å². The zero-order chi connectivity index (χ0) is 16.9. The second-order valence-electron chi connectivity index (χ2n) is 5.90. The summed E-state index contributed by atoms with van der Waals surface area (Å²) in [6.45, 7) is 0.439. The van der Waals surface area contributed by atoms with Crippen LogP contribution >= 0.6 is 0 Å². The van der Waals surface area contributed by atoms with Gasteiger partial charge in [0.15, 0.2) is 0 Å². The number of carbonyl (C=O) groups is 2. The molecular weight excluding hydrogens is 307 g/mol. The van der Waals surface area contributed by atoms with Gasteiger partial charge in [-0.25, -0.2) is 4.39 Å². The number of amides is 2. The van der Waals surface area contributed by atoms with Crippen molar-refractivity contribution in [1.82, 2.24) is 5.32 Å². The molecule has 1 atom stereocenters. The van der Waals surface area contributed by atoms with Gasteiger partial charge < -0.3 is 10.6 Å². The van der Waals surface area contributed by atoms with Crippen molar-refractivity contribution in [2.75, 3.05) is 11.9 Å². The minimum Gasteiger partial charge on any atom is -0.356 e. The molecule has 1 unspecified atom stereocenters. The van der Waals surface area contributed by atoms with Crippen molar-refractivity contribution in [3.05, 3.63) is 65.5 Å². The quantitative estimate of drug-likeness (QED) is 0.857. The molecule has 5 heteroatoms. The summed E-state index contributed by atoms with van der Waals surface area (Å²) < 4.78 is 13.1. The van der Waals surface area contributed by atoms with E-state index in [-0.39, 0.29) is 23.5 Å². The Bertz CT molecular complexity index is 761. The summed E-state index contributed by atoms with van der Waals surface area (Å²) in [6.07, 6.45) is 1.36. The number of aryl methyl sites for hydroxylation is 1. The smallest absolute Gasteiger partial charge is 0.232 e. The Morgan fingerprint density at radius 3 is 2.83 bits per heavy atom. The Morgan fingerprint density at radius 1 is 1.17 bits per heavy atom.